The molecule has 5 nitrogen and oxygen atoms in total. The molecular weight excluding hydrogens is 266 g/mol. The lowest BCUT2D eigenvalue weighted by molar-refractivity contribution is 0.102. The molecule has 0 aliphatic rings. The number of nitrogens with one attached hydrogen (secondary N) is 1. The van der Waals surface area contributed by atoms with Crippen LogP contribution in [0.3, 0.4) is 0 Å². The fourth-order valence-corrected chi connectivity index (χ4v) is 1.83. The Morgan fingerprint density at radius 1 is 1.43 bits per heavy atom. The molecule has 1 heterocycles. The molecule has 108 valence electrons. The molecule has 21 heavy (non-hydrogen) atoms. The number of nitrogens with zero attached hydrogens (tertiary/aromatic N) is 2. The predicted octanol–water partition coefficient (Wildman–Crippen LogP) is 1.71. The van der Waals surface area contributed by atoms with Gasteiger partial charge in [-0.05, 0) is 30.7 Å². The molecule has 0 saturated heterocycles. The van der Waals surface area contributed by atoms with E-state index in [1.165, 1.54) is 0 Å². The van der Waals surface area contributed by atoms with E-state index in [1.54, 1.807) is 36.1 Å². The van der Waals surface area contributed by atoms with Gasteiger partial charge in [0.25, 0.3) is 5.91 Å². The first-order valence-electron chi connectivity index (χ1n) is 6.61. The second-order valence-electron chi connectivity index (χ2n) is 4.63. The molecule has 1 aromatic carbocycles. The lowest BCUT2D eigenvalue weighted by atomic mass is 10.0. The number of amides is 1. The monoisotopic (exact) mass is 283 g/mol. The number of benzene rings is 1. The van der Waals surface area contributed by atoms with Crippen molar-refractivity contribution in [2.75, 3.05) is 11.9 Å². The molecule has 0 aliphatic heterocycles. The first kappa shape index (κ1) is 14.8. The van der Waals surface area contributed by atoms with Gasteiger partial charge in [0.2, 0.25) is 0 Å². The van der Waals surface area contributed by atoms with Crippen LogP contribution in [0.1, 0.15) is 27.9 Å². The second-order valence-corrected chi connectivity index (χ2v) is 4.63. The summed E-state index contributed by atoms with van der Waals surface area (Å²) in [7, 11) is 1.79. The Morgan fingerprint density at radius 2 is 2.24 bits per heavy atom. The molecule has 0 spiro atoms. The second kappa shape index (κ2) is 6.73. The first-order chi connectivity index (χ1) is 10.1. The van der Waals surface area contributed by atoms with Gasteiger partial charge in [-0.15, -0.1) is 0 Å². The Bertz CT molecular complexity index is 708. The molecule has 2 aromatic rings. The van der Waals surface area contributed by atoms with Crippen LogP contribution >= 0.6 is 0 Å². The van der Waals surface area contributed by atoms with Crippen molar-refractivity contribution >= 4 is 11.7 Å². The first-order valence-corrected chi connectivity index (χ1v) is 6.61. The molecule has 2 N–H and O–H groups in total. The summed E-state index contributed by atoms with van der Waals surface area (Å²) in [6.07, 6.45) is 2.21. The zero-order valence-corrected chi connectivity index (χ0v) is 12.1. The molecule has 0 fully saturated rings. The van der Waals surface area contributed by atoms with Gasteiger partial charge >= 0.3 is 0 Å². The largest absolute Gasteiger partial charge is 0.395 e. The van der Waals surface area contributed by atoms with Gasteiger partial charge in [0.1, 0.15) is 0 Å². The van der Waals surface area contributed by atoms with Crippen LogP contribution in [0, 0.1) is 18.8 Å². The number of aromatic nitrogens is 2. The van der Waals surface area contributed by atoms with E-state index in [1.807, 2.05) is 13.0 Å². The van der Waals surface area contributed by atoms with Gasteiger partial charge in [0.05, 0.1) is 6.61 Å². The van der Waals surface area contributed by atoms with Crippen molar-refractivity contribution in [3.8, 4) is 11.8 Å². The van der Waals surface area contributed by atoms with E-state index in [0.29, 0.717) is 17.8 Å². The highest BCUT2D eigenvalue weighted by atomic mass is 16.2. The van der Waals surface area contributed by atoms with Gasteiger partial charge in [-0.1, -0.05) is 11.8 Å². The van der Waals surface area contributed by atoms with Gasteiger partial charge in [0.15, 0.2) is 5.82 Å². The summed E-state index contributed by atoms with van der Waals surface area (Å²) in [5.74, 6) is 6.16. The number of hydrogen-bond acceptors (Lipinski definition) is 3. The Hall–Kier alpha value is -2.58. The molecule has 0 saturated carbocycles. The molecule has 0 bridgehead atoms. The van der Waals surface area contributed by atoms with Crippen LogP contribution in [-0.4, -0.2) is 27.4 Å². The maximum atomic E-state index is 12.1. The van der Waals surface area contributed by atoms with Crippen molar-refractivity contribution in [1.29, 1.82) is 0 Å². The van der Waals surface area contributed by atoms with E-state index >= 15 is 0 Å². The molecule has 0 aliphatic carbocycles. The van der Waals surface area contributed by atoms with Crippen molar-refractivity contribution in [2.24, 2.45) is 7.05 Å². The van der Waals surface area contributed by atoms with Gasteiger partial charge in [-0.3, -0.25) is 9.48 Å². The lowest BCUT2D eigenvalue weighted by Crippen LogP contribution is -2.12. The molecule has 2 rings (SSSR count). The van der Waals surface area contributed by atoms with Crippen LogP contribution in [0.25, 0.3) is 0 Å². The number of carbonyl (C=O) groups is 1. The maximum Gasteiger partial charge on any atom is 0.256 e. The lowest BCUT2D eigenvalue weighted by Gasteiger charge is -2.04. The topological polar surface area (TPSA) is 67.2 Å². The summed E-state index contributed by atoms with van der Waals surface area (Å²) >= 11 is 0. The third-order valence-electron chi connectivity index (χ3n) is 2.90. The van der Waals surface area contributed by atoms with Crippen molar-refractivity contribution in [3.63, 3.8) is 0 Å². The summed E-state index contributed by atoms with van der Waals surface area (Å²) in [6, 6.07) is 7.07. The number of rotatable bonds is 3. The van der Waals surface area contributed by atoms with E-state index in [0.717, 1.165) is 11.1 Å². The molecule has 1 aromatic heterocycles. The van der Waals surface area contributed by atoms with Crippen molar-refractivity contribution in [1.82, 2.24) is 9.78 Å². The van der Waals surface area contributed by atoms with E-state index in [2.05, 4.69) is 22.3 Å². The Labute approximate surface area is 123 Å². The van der Waals surface area contributed by atoms with Crippen LogP contribution in [-0.2, 0) is 7.05 Å². The van der Waals surface area contributed by atoms with E-state index in [-0.39, 0.29) is 12.5 Å². The summed E-state index contributed by atoms with van der Waals surface area (Å²) < 4.78 is 1.63. The minimum Gasteiger partial charge on any atom is -0.395 e. The third kappa shape index (κ3) is 3.94. The van der Waals surface area contributed by atoms with Gasteiger partial charge in [-0.2, -0.15) is 5.10 Å². The molecule has 1 amide bonds. The Balaban J connectivity index is 2.12. The van der Waals surface area contributed by atoms with Crippen LogP contribution in [0.2, 0.25) is 0 Å². The predicted molar refractivity (Wildman–Crippen MR) is 80.9 cm³/mol. The standard InChI is InChI=1S/C16H17N3O2/c1-12-11-14(7-6-13(12)5-3-4-10-20)16(21)17-15-8-9-19(2)18-15/h6-9,11,20H,4,10H2,1-2H3,(H,17,18,21). The highest BCUT2D eigenvalue weighted by molar-refractivity contribution is 6.03. The van der Waals surface area contributed by atoms with Gasteiger partial charge < -0.3 is 10.4 Å². The number of aliphatic hydroxyl groups excluding tert-OH is 1. The van der Waals surface area contributed by atoms with Crippen molar-refractivity contribution in [2.45, 2.75) is 13.3 Å². The SMILES string of the molecule is Cc1cc(C(=O)Nc2ccn(C)n2)ccc1C#CCCO. The number of aliphatic hydroxyl groups is 1. The maximum absolute atomic E-state index is 12.1. The number of hydrogen-bond donors (Lipinski definition) is 2. The molecule has 5 heteroatoms. The fourth-order valence-electron chi connectivity index (χ4n) is 1.83. The van der Waals surface area contributed by atoms with Gasteiger partial charge in [0, 0.05) is 36.9 Å². The number of aryl methyl sites for hydroxylation is 2. The number of anilines is 1. The smallest absolute Gasteiger partial charge is 0.256 e. The third-order valence-corrected chi connectivity index (χ3v) is 2.90. The Kier molecular flexibility index (Phi) is 4.75. The zero-order chi connectivity index (χ0) is 15.2. The summed E-state index contributed by atoms with van der Waals surface area (Å²) in [6.45, 7) is 1.96. The summed E-state index contributed by atoms with van der Waals surface area (Å²) in [5.41, 5.74) is 2.35. The highest BCUT2D eigenvalue weighted by Gasteiger charge is 2.08. The minimum absolute atomic E-state index is 0.0522. The number of carbonyl (C=O) groups excluding carboxylic acids is 1. The summed E-state index contributed by atoms with van der Waals surface area (Å²) in [4.78, 5) is 12.1. The molecule has 0 radical (unpaired) electrons. The van der Waals surface area contributed by atoms with Crippen LogP contribution in [0.5, 0.6) is 0 Å². The van der Waals surface area contributed by atoms with Crippen molar-refractivity contribution in [3.05, 3.63) is 47.2 Å². The van der Waals surface area contributed by atoms with E-state index < -0.39 is 0 Å². The highest BCUT2D eigenvalue weighted by Crippen LogP contribution is 2.12. The van der Waals surface area contributed by atoms with E-state index in [9.17, 15) is 4.79 Å². The van der Waals surface area contributed by atoms with Crippen molar-refractivity contribution < 1.29 is 9.90 Å². The Morgan fingerprint density at radius 3 is 2.86 bits per heavy atom. The van der Waals surface area contributed by atoms with Crippen LogP contribution < -0.4 is 5.32 Å². The molecule has 0 unspecified atom stereocenters. The minimum atomic E-state index is -0.202. The average Bonchev–Trinajstić information content (AvgIpc) is 2.86. The molecule has 0 atom stereocenters. The van der Waals surface area contributed by atoms with E-state index in [4.69, 9.17) is 5.11 Å². The summed E-state index contributed by atoms with van der Waals surface area (Å²) in [5, 5.41) is 15.6. The zero-order valence-electron chi connectivity index (χ0n) is 12.1. The normalized spacial score (nSPS) is 9.86. The average molecular weight is 283 g/mol. The van der Waals surface area contributed by atoms with Crippen LogP contribution in [0.15, 0.2) is 30.5 Å². The quantitative estimate of drug-likeness (QED) is 0.843. The van der Waals surface area contributed by atoms with Gasteiger partial charge in [-0.25, -0.2) is 0 Å². The fraction of sp³-hybridized carbons (Fsp3) is 0.250. The molecular formula is C16H17N3O2. The van der Waals surface area contributed by atoms with Crippen LogP contribution in [0.4, 0.5) is 5.82 Å².